The minimum absolute atomic E-state index is 0.00409. The maximum absolute atomic E-state index is 14.7. The fourth-order valence-corrected chi connectivity index (χ4v) is 9.91. The van der Waals surface area contributed by atoms with Gasteiger partial charge in [0.15, 0.2) is 5.78 Å². The third-order valence-corrected chi connectivity index (χ3v) is 12.7. The molecule has 53 heavy (non-hydrogen) atoms. The van der Waals surface area contributed by atoms with E-state index >= 15 is 0 Å². The second-order valence-electron chi connectivity index (χ2n) is 16.3. The van der Waals surface area contributed by atoms with Gasteiger partial charge in [-0.25, -0.2) is 0 Å². The number of aliphatic hydroxyl groups excluding tert-OH is 2. The summed E-state index contributed by atoms with van der Waals surface area (Å²) in [4.78, 5) is 14.7. The Bertz CT molecular complexity index is 1630. The largest absolute Gasteiger partial charge is 0.396 e. The highest BCUT2D eigenvalue weighted by atomic mass is 16.5. The number of hydrogen-bond acceptors (Lipinski definition) is 7. The van der Waals surface area contributed by atoms with Gasteiger partial charge in [0.2, 0.25) is 0 Å². The molecule has 1 heterocycles. The summed E-state index contributed by atoms with van der Waals surface area (Å²) in [6, 6.07) is 7.69. The summed E-state index contributed by atoms with van der Waals surface area (Å²) in [5, 5.41) is 35.4. The van der Waals surface area contributed by atoms with Crippen molar-refractivity contribution in [3.63, 3.8) is 0 Å². The molecule has 0 unspecified atom stereocenters. The number of nitrogens with two attached hydrogens (primary N) is 2. The highest BCUT2D eigenvalue weighted by Crippen LogP contribution is 2.63. The Morgan fingerprint density at radius 1 is 1.11 bits per heavy atom. The van der Waals surface area contributed by atoms with Gasteiger partial charge in [-0.15, -0.1) is 0 Å². The molecule has 1 aromatic carbocycles. The van der Waals surface area contributed by atoms with E-state index in [0.717, 1.165) is 78.4 Å². The van der Waals surface area contributed by atoms with E-state index in [0.29, 0.717) is 58.2 Å². The highest BCUT2D eigenvalue weighted by molar-refractivity contribution is 5.98. The lowest BCUT2D eigenvalue weighted by Crippen LogP contribution is -2.59. The third kappa shape index (κ3) is 9.78. The molecule has 0 bridgehead atoms. The van der Waals surface area contributed by atoms with Crippen LogP contribution in [0.5, 0.6) is 0 Å². The Balaban J connectivity index is 1.55. The Kier molecular flexibility index (Phi) is 14.7. The van der Waals surface area contributed by atoms with E-state index in [1.165, 1.54) is 5.57 Å². The minimum atomic E-state index is -1.18. The summed E-state index contributed by atoms with van der Waals surface area (Å²) in [5.74, 6) is 6.10. The molecule has 1 spiro atoms. The first-order valence-electron chi connectivity index (χ1n) is 20.1. The molecule has 1 aliphatic heterocycles. The molecule has 3 fully saturated rings. The molecule has 7 N–H and O–H groups in total. The van der Waals surface area contributed by atoms with E-state index < -0.39 is 23.3 Å². The number of ketones is 1. The lowest BCUT2D eigenvalue weighted by Gasteiger charge is -2.56. The van der Waals surface area contributed by atoms with Crippen molar-refractivity contribution in [3.05, 3.63) is 94.1 Å². The molecule has 0 aromatic heterocycles. The molecule has 3 aliphatic carbocycles. The van der Waals surface area contributed by atoms with Crippen molar-refractivity contribution < 1.29 is 24.9 Å². The van der Waals surface area contributed by atoms with Gasteiger partial charge in [0.1, 0.15) is 6.61 Å². The van der Waals surface area contributed by atoms with E-state index in [1.807, 2.05) is 43.3 Å². The van der Waals surface area contributed by atoms with Crippen LogP contribution in [0.1, 0.15) is 121 Å². The number of hydrogen-bond donors (Lipinski definition) is 5. The number of benzene rings is 1. The molecule has 5 rings (SSSR count). The van der Waals surface area contributed by atoms with Crippen LogP contribution in [0, 0.1) is 35.0 Å². The quantitative estimate of drug-likeness (QED) is 0.0771. The molecular formula is C46H64N2O5. The van der Waals surface area contributed by atoms with Crippen LogP contribution in [0.25, 0.3) is 0 Å². The van der Waals surface area contributed by atoms with Gasteiger partial charge >= 0.3 is 0 Å². The van der Waals surface area contributed by atoms with Crippen molar-refractivity contribution in [2.24, 2.45) is 34.6 Å². The van der Waals surface area contributed by atoms with Crippen molar-refractivity contribution in [2.75, 3.05) is 19.8 Å². The van der Waals surface area contributed by atoms with Gasteiger partial charge in [0.05, 0.1) is 24.5 Å². The zero-order chi connectivity index (χ0) is 38.0. The van der Waals surface area contributed by atoms with Crippen LogP contribution in [0.2, 0.25) is 0 Å². The molecule has 3 saturated carbocycles. The number of aliphatic hydroxyl groups is 3. The number of Topliss-reactive ketones (excluding diaryl/α,β-unsaturated/α-hetero) is 1. The molecular weight excluding hydrogens is 661 g/mol. The smallest absolute Gasteiger partial charge is 0.163 e. The van der Waals surface area contributed by atoms with Crippen LogP contribution >= 0.6 is 0 Å². The summed E-state index contributed by atoms with van der Waals surface area (Å²) in [6.07, 6.45) is 18.2. The number of rotatable bonds is 9. The van der Waals surface area contributed by atoms with E-state index in [2.05, 4.69) is 37.5 Å². The standard InChI is InChI=1S/C46H64N2O5/c1-32-13-7-8-28-53-31-37(21-10-16-33(2)15-9-14-32)38-24-26-46(43(38)51)40(22-12-27-49)39(23-25-45(46,3)52)42(35-18-5-4-6-19-35)41(50)30-34-17-11-20-36(29-34)44(47)48/h10-11,14,16-17,20-21,29,35,38,40,43-44,49,51-52H,2,4-6,9,12-13,15,18-19,22-28,30-31,47-48H2,1,3H3/b16-10+,32-14+,37-21-,42-39+/t38-,40-,43-,45-,46-/m1/s1. The van der Waals surface area contributed by atoms with E-state index in [-0.39, 0.29) is 36.6 Å². The van der Waals surface area contributed by atoms with E-state index in [9.17, 15) is 20.1 Å². The normalized spacial score (nSPS) is 32.8. The monoisotopic (exact) mass is 724 g/mol. The predicted octanol–water partition coefficient (Wildman–Crippen LogP) is 7.47. The molecule has 288 valence electrons. The first kappa shape index (κ1) is 41.1. The van der Waals surface area contributed by atoms with Crippen LogP contribution in [-0.4, -0.2) is 52.6 Å². The topological polar surface area (TPSA) is 139 Å². The van der Waals surface area contributed by atoms with Crippen LogP contribution in [0.3, 0.4) is 0 Å². The van der Waals surface area contributed by atoms with Crippen LogP contribution < -0.4 is 11.5 Å². The first-order chi connectivity index (χ1) is 25.5. The first-order valence-corrected chi connectivity index (χ1v) is 20.1. The minimum Gasteiger partial charge on any atom is -0.396 e. The predicted molar refractivity (Wildman–Crippen MR) is 213 cm³/mol. The highest BCUT2D eigenvalue weighted by Gasteiger charge is 2.64. The van der Waals surface area contributed by atoms with E-state index in [4.69, 9.17) is 16.2 Å². The molecule has 7 nitrogen and oxygen atoms in total. The van der Waals surface area contributed by atoms with Crippen molar-refractivity contribution >= 4 is 5.78 Å². The van der Waals surface area contributed by atoms with Gasteiger partial charge in [-0.05, 0) is 112 Å². The second kappa shape index (κ2) is 19.0. The summed E-state index contributed by atoms with van der Waals surface area (Å²) in [6.45, 7) is 8.87. The number of carbonyl (C=O) groups excluding carboxylic acids is 1. The zero-order valence-electron chi connectivity index (χ0n) is 32.3. The van der Waals surface area contributed by atoms with Crippen LogP contribution in [0.15, 0.2) is 83.0 Å². The summed E-state index contributed by atoms with van der Waals surface area (Å²) < 4.78 is 6.12. The summed E-state index contributed by atoms with van der Waals surface area (Å²) >= 11 is 0. The molecule has 7 heteroatoms. The molecule has 0 amide bonds. The Morgan fingerprint density at radius 3 is 2.66 bits per heavy atom. The number of allylic oxidation sites excluding steroid dienone is 8. The number of ether oxygens (including phenoxy) is 1. The molecule has 0 radical (unpaired) electrons. The lowest BCUT2D eigenvalue weighted by atomic mass is 9.52. The van der Waals surface area contributed by atoms with Gasteiger partial charge in [0, 0.05) is 30.8 Å². The Morgan fingerprint density at radius 2 is 1.91 bits per heavy atom. The summed E-state index contributed by atoms with van der Waals surface area (Å²) in [5.41, 5.74) is 16.8. The van der Waals surface area contributed by atoms with E-state index in [1.54, 1.807) is 0 Å². The molecule has 5 atom stereocenters. The molecule has 1 aromatic rings. The van der Waals surface area contributed by atoms with Crippen molar-refractivity contribution in [1.82, 2.24) is 0 Å². The molecule has 4 aliphatic rings. The maximum Gasteiger partial charge on any atom is 0.163 e. The average molecular weight is 725 g/mol. The van der Waals surface area contributed by atoms with Gasteiger partial charge in [0.25, 0.3) is 0 Å². The van der Waals surface area contributed by atoms with Crippen molar-refractivity contribution in [1.29, 1.82) is 0 Å². The van der Waals surface area contributed by atoms with Gasteiger partial charge in [-0.2, -0.15) is 0 Å². The van der Waals surface area contributed by atoms with Crippen molar-refractivity contribution in [3.8, 4) is 11.8 Å². The van der Waals surface area contributed by atoms with Gasteiger partial charge < -0.3 is 31.5 Å². The third-order valence-electron chi connectivity index (χ3n) is 12.7. The Labute approximate surface area is 318 Å². The number of carbonyl (C=O) groups is 1. The van der Waals surface area contributed by atoms with Crippen LogP contribution in [0.4, 0.5) is 0 Å². The zero-order valence-corrected chi connectivity index (χ0v) is 32.3. The second-order valence-corrected chi connectivity index (χ2v) is 16.3. The lowest BCUT2D eigenvalue weighted by molar-refractivity contribution is -0.168. The maximum atomic E-state index is 14.7. The SMILES string of the molecule is C=C1/C=C/C=C(\[C@H]2CC[C@@]3([C@H](CCCO)/C(=C(/C(=O)Cc4cccc(C(N)N)c4)C4CCCCC4)CC[C@@]3(C)O)[C@@H]2O)COCC#CC/C(C)=C/CC1. The fourth-order valence-electron chi connectivity index (χ4n) is 9.91. The van der Waals surface area contributed by atoms with Gasteiger partial charge in [-0.1, -0.05) is 103 Å². The van der Waals surface area contributed by atoms with Crippen molar-refractivity contribution in [2.45, 2.75) is 128 Å². The Hall–Kier alpha value is -3.09. The fraction of sp³-hybridized carbons (Fsp3) is 0.587. The molecule has 0 saturated heterocycles. The van der Waals surface area contributed by atoms with Crippen LogP contribution in [-0.2, 0) is 16.0 Å². The average Bonchev–Trinajstić information content (AvgIpc) is 3.47. The summed E-state index contributed by atoms with van der Waals surface area (Å²) in [7, 11) is 0. The van der Waals surface area contributed by atoms with Gasteiger partial charge in [-0.3, -0.25) is 4.79 Å².